The van der Waals surface area contributed by atoms with Gasteiger partial charge in [0, 0.05) is 37.9 Å². The van der Waals surface area contributed by atoms with Gasteiger partial charge in [0.2, 0.25) is 15.9 Å². The van der Waals surface area contributed by atoms with Gasteiger partial charge in [0.05, 0.1) is 12.3 Å². The zero-order valence-corrected chi connectivity index (χ0v) is 14.2. The smallest absolute Gasteiger partial charge is 0.225 e. The molecule has 0 unspecified atom stereocenters. The Bertz CT molecular complexity index is 650. The molecule has 0 aromatic carbocycles. The minimum Gasteiger partial charge on any atom is -0.339 e. The van der Waals surface area contributed by atoms with Gasteiger partial charge in [0.1, 0.15) is 0 Å². The van der Waals surface area contributed by atoms with Gasteiger partial charge >= 0.3 is 0 Å². The molecule has 126 valence electrons. The monoisotopic (exact) mass is 337 g/mol. The van der Waals surface area contributed by atoms with Crippen LogP contribution in [0.1, 0.15) is 31.2 Å². The number of nitrogens with zero attached hydrogens (tertiary/aromatic N) is 3. The maximum atomic E-state index is 12.4. The fourth-order valence-electron chi connectivity index (χ4n) is 3.43. The van der Waals surface area contributed by atoms with Crippen LogP contribution in [0.2, 0.25) is 0 Å². The lowest BCUT2D eigenvalue weighted by molar-refractivity contribution is -0.141. The van der Waals surface area contributed by atoms with Crippen LogP contribution in [-0.4, -0.2) is 53.9 Å². The van der Waals surface area contributed by atoms with Crippen LogP contribution in [0.5, 0.6) is 0 Å². The summed E-state index contributed by atoms with van der Waals surface area (Å²) >= 11 is 0. The number of likely N-dealkylation sites (tertiary alicyclic amines) is 1. The van der Waals surface area contributed by atoms with E-state index in [1.807, 2.05) is 17.0 Å². The maximum absolute atomic E-state index is 12.4. The molecule has 0 radical (unpaired) electrons. The third-order valence-electron chi connectivity index (χ3n) is 4.80. The van der Waals surface area contributed by atoms with Gasteiger partial charge in [-0.3, -0.25) is 9.78 Å². The number of sulfonamides is 1. The predicted octanol–water partition coefficient (Wildman–Crippen LogP) is 1.24. The summed E-state index contributed by atoms with van der Waals surface area (Å²) in [5, 5.41) is 0. The van der Waals surface area contributed by atoms with Crippen LogP contribution in [0.25, 0.3) is 0 Å². The second kappa shape index (κ2) is 6.57. The highest BCUT2D eigenvalue weighted by molar-refractivity contribution is 7.88. The summed E-state index contributed by atoms with van der Waals surface area (Å²) in [6, 6.07) is 3.51. The van der Waals surface area contributed by atoms with Crippen LogP contribution >= 0.6 is 0 Å². The summed E-state index contributed by atoms with van der Waals surface area (Å²) < 4.78 is 25.7. The van der Waals surface area contributed by atoms with Crippen LogP contribution < -0.4 is 0 Å². The number of hydrogen-bond donors (Lipinski definition) is 0. The van der Waals surface area contributed by atoms with Gasteiger partial charge in [-0.2, -0.15) is 4.31 Å². The van der Waals surface area contributed by atoms with E-state index >= 15 is 0 Å². The van der Waals surface area contributed by atoms with Gasteiger partial charge in [0.15, 0.2) is 0 Å². The number of aromatic nitrogens is 1. The molecule has 2 heterocycles. The minimum absolute atomic E-state index is 0.122. The molecule has 2 aliphatic rings. The topological polar surface area (TPSA) is 70.6 Å². The fraction of sp³-hybridized carbons (Fsp3) is 0.625. The minimum atomic E-state index is -3.32. The molecule has 0 atom stereocenters. The first-order valence-electron chi connectivity index (χ1n) is 8.09. The molecule has 1 amide bonds. The lowest BCUT2D eigenvalue weighted by Gasteiger charge is -2.45. The van der Waals surface area contributed by atoms with Gasteiger partial charge in [0.25, 0.3) is 0 Å². The first-order chi connectivity index (χ1) is 10.9. The Morgan fingerprint density at radius 3 is 2.43 bits per heavy atom. The third kappa shape index (κ3) is 3.72. The fourth-order valence-corrected chi connectivity index (χ4v) is 4.49. The van der Waals surface area contributed by atoms with Crippen molar-refractivity contribution in [2.45, 2.75) is 38.3 Å². The Morgan fingerprint density at radius 2 is 1.87 bits per heavy atom. The molecular formula is C16H23N3O3S. The van der Waals surface area contributed by atoms with E-state index in [4.69, 9.17) is 0 Å². The average molecular weight is 337 g/mol. The molecule has 0 bridgehead atoms. The second-order valence-corrected chi connectivity index (χ2v) is 8.48. The van der Waals surface area contributed by atoms with Crippen molar-refractivity contribution in [3.05, 3.63) is 30.1 Å². The van der Waals surface area contributed by atoms with Crippen molar-refractivity contribution >= 4 is 15.9 Å². The number of rotatable bonds is 5. The number of amides is 1. The number of carbonyl (C=O) groups is 1. The molecule has 7 heteroatoms. The molecule has 2 fully saturated rings. The van der Waals surface area contributed by atoms with Gasteiger partial charge < -0.3 is 4.90 Å². The summed E-state index contributed by atoms with van der Waals surface area (Å²) in [5.74, 6) is 0.360. The van der Waals surface area contributed by atoms with Crippen LogP contribution in [0.15, 0.2) is 24.5 Å². The summed E-state index contributed by atoms with van der Waals surface area (Å²) in [7, 11) is -3.32. The van der Waals surface area contributed by atoms with Crippen molar-refractivity contribution in [2.24, 2.45) is 5.92 Å². The van der Waals surface area contributed by atoms with E-state index in [0.29, 0.717) is 19.6 Å². The summed E-state index contributed by atoms with van der Waals surface area (Å²) in [4.78, 5) is 18.1. The molecular weight excluding hydrogens is 314 g/mol. The van der Waals surface area contributed by atoms with Crippen molar-refractivity contribution in [3.8, 4) is 0 Å². The largest absolute Gasteiger partial charge is 0.339 e. The third-order valence-corrected chi connectivity index (χ3v) is 6.08. The Labute approximate surface area is 137 Å². The normalized spacial score (nSPS) is 20.0. The van der Waals surface area contributed by atoms with Gasteiger partial charge in [-0.1, -0.05) is 12.8 Å². The Hall–Kier alpha value is -1.47. The van der Waals surface area contributed by atoms with Crippen LogP contribution in [0.4, 0.5) is 0 Å². The molecule has 1 aromatic rings. The quantitative estimate of drug-likeness (QED) is 0.811. The van der Waals surface area contributed by atoms with Crippen molar-refractivity contribution in [2.75, 3.05) is 19.3 Å². The Morgan fingerprint density at radius 1 is 1.26 bits per heavy atom. The highest BCUT2D eigenvalue weighted by Gasteiger charge is 2.40. The lowest BCUT2D eigenvalue weighted by atomic mass is 10.0. The maximum Gasteiger partial charge on any atom is 0.225 e. The molecule has 1 aromatic heterocycles. The Kier molecular flexibility index (Phi) is 4.68. The van der Waals surface area contributed by atoms with Gasteiger partial charge in [-0.05, 0) is 30.5 Å². The zero-order valence-electron chi connectivity index (χ0n) is 13.4. The molecule has 1 aliphatic heterocycles. The Balaban J connectivity index is 1.63. The summed E-state index contributed by atoms with van der Waals surface area (Å²) in [6.45, 7) is 1.35. The zero-order chi connectivity index (χ0) is 16.4. The number of pyridine rings is 1. The van der Waals surface area contributed by atoms with E-state index < -0.39 is 10.0 Å². The molecule has 23 heavy (non-hydrogen) atoms. The van der Waals surface area contributed by atoms with E-state index in [2.05, 4.69) is 4.98 Å². The molecule has 1 aliphatic carbocycles. The van der Waals surface area contributed by atoms with Crippen molar-refractivity contribution < 1.29 is 13.2 Å². The van der Waals surface area contributed by atoms with Crippen molar-refractivity contribution in [1.82, 2.24) is 14.2 Å². The molecule has 0 N–H and O–H groups in total. The predicted molar refractivity (Wildman–Crippen MR) is 86.9 cm³/mol. The molecule has 3 rings (SSSR count). The number of hydrogen-bond acceptors (Lipinski definition) is 4. The first-order valence-corrected chi connectivity index (χ1v) is 9.94. The summed E-state index contributed by atoms with van der Waals surface area (Å²) in [6.07, 6.45) is 8.77. The van der Waals surface area contributed by atoms with E-state index in [1.54, 1.807) is 12.4 Å². The van der Waals surface area contributed by atoms with E-state index in [-0.39, 0.29) is 17.9 Å². The molecule has 0 spiro atoms. The second-order valence-electron chi connectivity index (χ2n) is 6.54. The SMILES string of the molecule is CS(=O)(=O)N(Cc1ccncc1)C1CN(C(=O)C2CCCC2)C1. The van der Waals surface area contributed by atoms with Crippen LogP contribution in [-0.2, 0) is 21.4 Å². The van der Waals surface area contributed by atoms with E-state index in [9.17, 15) is 13.2 Å². The van der Waals surface area contributed by atoms with Gasteiger partial charge in [-0.25, -0.2) is 8.42 Å². The standard InChI is InChI=1S/C16H23N3O3S/c1-23(21,22)19(10-13-6-8-17-9-7-13)15-11-18(12-15)16(20)14-4-2-3-5-14/h6-9,14-15H,2-5,10-12H2,1H3. The van der Waals surface area contributed by atoms with Crippen LogP contribution in [0, 0.1) is 5.92 Å². The van der Waals surface area contributed by atoms with E-state index in [0.717, 1.165) is 31.2 Å². The van der Waals surface area contributed by atoms with Crippen LogP contribution in [0.3, 0.4) is 0 Å². The average Bonchev–Trinajstić information content (AvgIpc) is 2.98. The molecule has 1 saturated carbocycles. The molecule has 6 nitrogen and oxygen atoms in total. The highest BCUT2D eigenvalue weighted by Crippen LogP contribution is 2.29. The van der Waals surface area contributed by atoms with Crippen molar-refractivity contribution in [1.29, 1.82) is 0 Å². The lowest BCUT2D eigenvalue weighted by Crippen LogP contribution is -2.62. The molecule has 1 saturated heterocycles. The van der Waals surface area contributed by atoms with Crippen molar-refractivity contribution in [3.63, 3.8) is 0 Å². The van der Waals surface area contributed by atoms with Gasteiger partial charge in [-0.15, -0.1) is 0 Å². The highest BCUT2D eigenvalue weighted by atomic mass is 32.2. The summed E-state index contributed by atoms with van der Waals surface area (Å²) in [5.41, 5.74) is 0.908. The van der Waals surface area contributed by atoms with E-state index in [1.165, 1.54) is 10.6 Å². The first kappa shape index (κ1) is 16.4. The number of carbonyl (C=O) groups excluding carboxylic acids is 1.